The minimum Gasteiger partial charge on any atom is -0.466 e. The Kier molecular flexibility index (Phi) is 6.39. The molecule has 0 saturated heterocycles. The molecule has 2 heterocycles. The number of ketones is 1. The fourth-order valence-corrected chi connectivity index (χ4v) is 6.48. The molecule has 1 saturated carbocycles. The van der Waals surface area contributed by atoms with E-state index >= 15 is 0 Å². The van der Waals surface area contributed by atoms with Gasteiger partial charge in [0.15, 0.2) is 10.9 Å². The van der Waals surface area contributed by atoms with Crippen LogP contribution >= 0.6 is 11.3 Å². The monoisotopic (exact) mass is 492 g/mol. The molecule has 1 aliphatic heterocycles. The van der Waals surface area contributed by atoms with Crippen LogP contribution in [0.3, 0.4) is 0 Å². The minimum atomic E-state index is -3.70. The predicted octanol–water partition coefficient (Wildman–Crippen LogP) is 3.31. The van der Waals surface area contributed by atoms with Gasteiger partial charge in [-0.3, -0.25) is 19.6 Å². The molecule has 0 radical (unpaired) electrons. The lowest BCUT2D eigenvalue weighted by Crippen LogP contribution is -2.31. The summed E-state index contributed by atoms with van der Waals surface area (Å²) in [5.41, 5.74) is 1.65. The van der Waals surface area contributed by atoms with Crippen LogP contribution in [-0.2, 0) is 26.0 Å². The fourth-order valence-electron chi connectivity index (χ4n) is 4.18. The number of carbonyl (C=O) groups excluding carboxylic acids is 3. The number of benzene rings is 1. The molecule has 176 valence electrons. The molecule has 33 heavy (non-hydrogen) atoms. The summed E-state index contributed by atoms with van der Waals surface area (Å²) in [4.78, 5) is 41.5. The first-order valence-corrected chi connectivity index (χ1v) is 13.0. The maximum Gasteiger partial charge on any atom is 0.325 e. The molecule has 1 aromatic heterocycles. The second kappa shape index (κ2) is 9.10. The number of hydrogen-bond donors (Lipinski definition) is 3. The van der Waals surface area contributed by atoms with Crippen LogP contribution in [0.4, 0.5) is 21.3 Å². The number of carbonyl (C=O) groups is 3. The predicted molar refractivity (Wildman–Crippen MR) is 124 cm³/mol. The summed E-state index contributed by atoms with van der Waals surface area (Å²) in [5.74, 6) is -0.871. The first-order valence-electron chi connectivity index (χ1n) is 10.6. The van der Waals surface area contributed by atoms with Gasteiger partial charge in [0.2, 0.25) is 10.0 Å². The average molecular weight is 493 g/mol. The third-order valence-corrected chi connectivity index (χ3v) is 8.35. The van der Waals surface area contributed by atoms with E-state index in [0.29, 0.717) is 30.5 Å². The molecule has 2 atom stereocenters. The Balaban J connectivity index is 1.56. The Morgan fingerprint density at radius 3 is 2.82 bits per heavy atom. The highest BCUT2D eigenvalue weighted by molar-refractivity contribution is 7.93. The number of esters is 1. The van der Waals surface area contributed by atoms with Crippen LogP contribution in [0.2, 0.25) is 0 Å². The van der Waals surface area contributed by atoms with Crippen molar-refractivity contribution < 1.29 is 27.5 Å². The molecule has 12 heteroatoms. The van der Waals surface area contributed by atoms with E-state index in [1.54, 1.807) is 31.4 Å². The molecule has 4 rings (SSSR count). The highest BCUT2D eigenvalue weighted by Crippen LogP contribution is 2.41. The lowest BCUT2D eigenvalue weighted by Gasteiger charge is -2.24. The number of Topliss-reactive ketones (excluding diaryl/α,β-unsaturated/α-hetero) is 1. The summed E-state index contributed by atoms with van der Waals surface area (Å²) in [6.07, 6.45) is 1.26. The molecule has 0 spiro atoms. The van der Waals surface area contributed by atoms with Crippen molar-refractivity contribution in [3.63, 3.8) is 0 Å². The molecule has 1 aromatic carbocycles. The quantitative estimate of drug-likeness (QED) is 0.543. The van der Waals surface area contributed by atoms with Crippen LogP contribution in [0.15, 0.2) is 17.5 Å². The molecule has 2 amide bonds. The topological polar surface area (TPSA) is 144 Å². The summed E-state index contributed by atoms with van der Waals surface area (Å²) in [7, 11) is -3.70. The van der Waals surface area contributed by atoms with Crippen molar-refractivity contribution in [2.45, 2.75) is 44.8 Å². The van der Waals surface area contributed by atoms with E-state index in [4.69, 9.17) is 4.74 Å². The standard InChI is InChI=1S/C21H24N4O6S2/c1-3-31-16(26)9-13-10-32-21(22-13)24-20(28)23-15-7-4-11(2)17-18(15)25-33(29,30)14-6-5-12(8-14)19(17)27/h4,7,10,12,14,25H,3,5-6,8-9H2,1-2H3,(H2,22,23,24,28). The molecule has 2 unspecified atom stereocenters. The lowest BCUT2D eigenvalue weighted by atomic mass is 9.91. The maximum atomic E-state index is 13.1. The summed E-state index contributed by atoms with van der Waals surface area (Å²) in [5, 5.41) is 6.46. The van der Waals surface area contributed by atoms with Gasteiger partial charge in [-0.2, -0.15) is 0 Å². The van der Waals surface area contributed by atoms with E-state index < -0.39 is 27.3 Å². The van der Waals surface area contributed by atoms with Crippen molar-refractivity contribution in [3.8, 4) is 0 Å². The largest absolute Gasteiger partial charge is 0.466 e. The van der Waals surface area contributed by atoms with Gasteiger partial charge in [0.25, 0.3) is 0 Å². The van der Waals surface area contributed by atoms with E-state index in [2.05, 4.69) is 20.3 Å². The minimum absolute atomic E-state index is 0.00860. The number of anilines is 3. The molecule has 10 nitrogen and oxygen atoms in total. The molecule has 3 N–H and O–H groups in total. The Bertz CT molecular complexity index is 1220. The van der Waals surface area contributed by atoms with Crippen molar-refractivity contribution in [2.24, 2.45) is 5.92 Å². The van der Waals surface area contributed by atoms with Gasteiger partial charge < -0.3 is 10.1 Å². The number of aryl methyl sites for hydroxylation is 1. The van der Waals surface area contributed by atoms with Crippen molar-refractivity contribution in [2.75, 3.05) is 22.0 Å². The Morgan fingerprint density at radius 2 is 2.06 bits per heavy atom. The number of nitrogens with zero attached hydrogens (tertiary/aromatic N) is 1. The number of urea groups is 1. The zero-order chi connectivity index (χ0) is 23.8. The second-order valence-electron chi connectivity index (χ2n) is 8.03. The third kappa shape index (κ3) is 4.86. The van der Waals surface area contributed by atoms with Crippen LogP contribution in [0, 0.1) is 12.8 Å². The number of thiazole rings is 1. The smallest absolute Gasteiger partial charge is 0.325 e. The van der Waals surface area contributed by atoms with Gasteiger partial charge in [-0.05, 0) is 44.7 Å². The van der Waals surface area contributed by atoms with Crippen molar-refractivity contribution >= 4 is 55.7 Å². The number of aromatic nitrogens is 1. The SMILES string of the molecule is CCOC(=O)Cc1csc(NC(=O)Nc2ccc(C)c3c2NS(=O)(=O)C2CCC(C2)C3=O)n1. The van der Waals surface area contributed by atoms with Gasteiger partial charge in [-0.1, -0.05) is 6.07 Å². The van der Waals surface area contributed by atoms with Gasteiger partial charge in [0, 0.05) is 16.9 Å². The van der Waals surface area contributed by atoms with Crippen molar-refractivity contribution in [1.82, 2.24) is 4.98 Å². The van der Waals surface area contributed by atoms with E-state index in [0.717, 1.165) is 11.3 Å². The number of nitrogens with one attached hydrogen (secondary N) is 3. The number of rotatable bonds is 5. The van der Waals surface area contributed by atoms with E-state index in [-0.39, 0.29) is 46.8 Å². The Morgan fingerprint density at radius 1 is 1.27 bits per heavy atom. The van der Waals surface area contributed by atoms with Gasteiger partial charge in [0.1, 0.15) is 0 Å². The molecular weight excluding hydrogens is 468 g/mol. The molecular formula is C21H24N4O6S2. The van der Waals surface area contributed by atoms with Crippen LogP contribution in [0.1, 0.15) is 47.8 Å². The van der Waals surface area contributed by atoms with Crippen LogP contribution in [0.5, 0.6) is 0 Å². The maximum absolute atomic E-state index is 13.1. The highest BCUT2D eigenvalue weighted by atomic mass is 32.2. The number of ether oxygens (including phenoxy) is 1. The van der Waals surface area contributed by atoms with E-state index in [1.165, 1.54) is 0 Å². The third-order valence-electron chi connectivity index (χ3n) is 5.75. The lowest BCUT2D eigenvalue weighted by molar-refractivity contribution is -0.142. The summed E-state index contributed by atoms with van der Waals surface area (Å²) in [6.45, 7) is 3.72. The van der Waals surface area contributed by atoms with Gasteiger partial charge in [-0.15, -0.1) is 11.3 Å². The van der Waals surface area contributed by atoms with Crippen LogP contribution in [0.25, 0.3) is 0 Å². The first kappa shape index (κ1) is 23.2. The highest BCUT2D eigenvalue weighted by Gasteiger charge is 2.42. The normalized spacial score (nSPS) is 20.7. The van der Waals surface area contributed by atoms with E-state index in [9.17, 15) is 22.8 Å². The molecule has 1 fully saturated rings. The summed E-state index contributed by atoms with van der Waals surface area (Å²) < 4.78 is 33.2. The zero-order valence-electron chi connectivity index (χ0n) is 18.1. The number of hydrogen-bond acceptors (Lipinski definition) is 8. The number of sulfonamides is 1. The number of amides is 2. The molecule has 2 aromatic rings. The second-order valence-corrected chi connectivity index (χ2v) is 10.8. The molecule has 2 aliphatic rings. The fraction of sp³-hybridized carbons (Fsp3) is 0.429. The number of fused-ring (bicyclic) bond motifs is 3. The van der Waals surface area contributed by atoms with Gasteiger partial charge in [-0.25, -0.2) is 18.2 Å². The van der Waals surface area contributed by atoms with Gasteiger partial charge >= 0.3 is 12.0 Å². The van der Waals surface area contributed by atoms with Crippen LogP contribution in [-0.4, -0.2) is 43.0 Å². The summed E-state index contributed by atoms with van der Waals surface area (Å²) >= 11 is 1.14. The average Bonchev–Trinajstić information content (AvgIpc) is 3.40. The molecule has 1 aliphatic carbocycles. The Labute approximate surface area is 195 Å². The van der Waals surface area contributed by atoms with Crippen LogP contribution < -0.4 is 15.4 Å². The first-order chi connectivity index (χ1) is 15.7. The van der Waals surface area contributed by atoms with E-state index in [1.807, 2.05) is 0 Å². The van der Waals surface area contributed by atoms with Crippen molar-refractivity contribution in [1.29, 1.82) is 0 Å². The Hall–Kier alpha value is -2.99. The zero-order valence-corrected chi connectivity index (χ0v) is 19.8. The summed E-state index contributed by atoms with van der Waals surface area (Å²) in [6, 6.07) is 2.58. The van der Waals surface area contributed by atoms with Crippen molar-refractivity contribution in [3.05, 3.63) is 34.3 Å². The van der Waals surface area contributed by atoms with Gasteiger partial charge in [0.05, 0.1) is 35.3 Å². The molecule has 2 bridgehead atoms.